The van der Waals surface area contributed by atoms with Gasteiger partial charge in [0.05, 0.1) is 5.69 Å². The van der Waals surface area contributed by atoms with E-state index in [1.165, 1.54) is 0 Å². The maximum absolute atomic E-state index is 11.2. The van der Waals surface area contributed by atoms with Crippen molar-refractivity contribution in [3.8, 4) is 0 Å². The van der Waals surface area contributed by atoms with Gasteiger partial charge in [-0.05, 0) is 35.0 Å². The third-order valence-electron chi connectivity index (χ3n) is 2.14. The molecule has 1 aromatic heterocycles. The molecule has 1 heterocycles. The van der Waals surface area contributed by atoms with Crippen molar-refractivity contribution in [2.45, 2.75) is 32.6 Å². The quantitative estimate of drug-likeness (QED) is 0.794. The number of pyridine rings is 1. The standard InChI is InChI=1S/C11H13BrClNO/c1-7(15)6-11(2,3)10-8(12)4-5-9(13)14-10/h4-5H,6H2,1-3H3. The van der Waals surface area contributed by atoms with Crippen LogP contribution in [-0.2, 0) is 10.2 Å². The first-order valence-electron chi connectivity index (χ1n) is 4.65. The summed E-state index contributed by atoms with van der Waals surface area (Å²) in [4.78, 5) is 15.4. The predicted octanol–water partition coefficient (Wildman–Crippen LogP) is 3.75. The summed E-state index contributed by atoms with van der Waals surface area (Å²) in [6.07, 6.45) is 0.457. The molecule has 0 aliphatic carbocycles. The first-order valence-corrected chi connectivity index (χ1v) is 5.82. The summed E-state index contributed by atoms with van der Waals surface area (Å²) in [6, 6.07) is 3.57. The molecule has 0 radical (unpaired) electrons. The average molecular weight is 291 g/mol. The summed E-state index contributed by atoms with van der Waals surface area (Å²) in [5.74, 6) is 0.147. The van der Waals surface area contributed by atoms with Crippen LogP contribution in [0.1, 0.15) is 32.9 Å². The second-order valence-electron chi connectivity index (χ2n) is 4.23. The molecule has 15 heavy (non-hydrogen) atoms. The lowest BCUT2D eigenvalue weighted by Crippen LogP contribution is -2.22. The van der Waals surface area contributed by atoms with Crippen LogP contribution in [0.25, 0.3) is 0 Å². The van der Waals surface area contributed by atoms with Crippen molar-refractivity contribution in [2.75, 3.05) is 0 Å². The Kier molecular flexibility index (Phi) is 3.90. The fourth-order valence-electron chi connectivity index (χ4n) is 1.60. The second kappa shape index (κ2) is 4.62. The average Bonchev–Trinajstić information content (AvgIpc) is 2.06. The topological polar surface area (TPSA) is 30.0 Å². The van der Waals surface area contributed by atoms with E-state index >= 15 is 0 Å². The zero-order valence-electron chi connectivity index (χ0n) is 8.97. The Morgan fingerprint density at radius 1 is 1.53 bits per heavy atom. The molecule has 1 aromatic rings. The molecule has 0 aromatic carbocycles. The molecule has 82 valence electrons. The lowest BCUT2D eigenvalue weighted by Gasteiger charge is -2.23. The number of rotatable bonds is 3. The molecule has 0 saturated carbocycles. The summed E-state index contributed by atoms with van der Waals surface area (Å²) in [7, 11) is 0. The molecule has 0 unspecified atom stereocenters. The monoisotopic (exact) mass is 289 g/mol. The number of carbonyl (C=O) groups is 1. The number of halogens is 2. The van der Waals surface area contributed by atoms with E-state index < -0.39 is 0 Å². The fraction of sp³-hybridized carbons (Fsp3) is 0.455. The summed E-state index contributed by atoms with van der Waals surface area (Å²) in [5, 5.41) is 0.449. The number of hydrogen-bond acceptors (Lipinski definition) is 2. The van der Waals surface area contributed by atoms with Gasteiger partial charge in [0, 0.05) is 16.3 Å². The van der Waals surface area contributed by atoms with E-state index in [9.17, 15) is 4.79 Å². The summed E-state index contributed by atoms with van der Waals surface area (Å²) in [6.45, 7) is 5.55. The van der Waals surface area contributed by atoms with Gasteiger partial charge in [-0.1, -0.05) is 25.4 Å². The largest absolute Gasteiger partial charge is 0.300 e. The van der Waals surface area contributed by atoms with E-state index in [1.54, 1.807) is 13.0 Å². The van der Waals surface area contributed by atoms with Crippen LogP contribution in [0.2, 0.25) is 5.15 Å². The molecule has 0 amide bonds. The fourth-order valence-corrected chi connectivity index (χ4v) is 2.50. The van der Waals surface area contributed by atoms with Gasteiger partial charge >= 0.3 is 0 Å². The van der Waals surface area contributed by atoms with Crippen molar-refractivity contribution in [2.24, 2.45) is 0 Å². The van der Waals surface area contributed by atoms with Gasteiger partial charge in [-0.15, -0.1) is 0 Å². The van der Waals surface area contributed by atoms with Gasteiger partial charge in [0.2, 0.25) is 0 Å². The van der Waals surface area contributed by atoms with Gasteiger partial charge in [-0.3, -0.25) is 4.79 Å². The van der Waals surface area contributed by atoms with Gasteiger partial charge in [0.25, 0.3) is 0 Å². The number of aromatic nitrogens is 1. The first-order chi connectivity index (χ1) is 6.83. The number of hydrogen-bond donors (Lipinski definition) is 0. The van der Waals surface area contributed by atoms with E-state index in [-0.39, 0.29) is 11.2 Å². The third-order valence-corrected chi connectivity index (χ3v) is 2.99. The number of nitrogens with zero attached hydrogens (tertiary/aromatic N) is 1. The Morgan fingerprint density at radius 2 is 2.13 bits per heavy atom. The van der Waals surface area contributed by atoms with Crippen molar-refractivity contribution in [1.82, 2.24) is 4.98 Å². The first kappa shape index (κ1) is 12.7. The van der Waals surface area contributed by atoms with Gasteiger partial charge in [-0.2, -0.15) is 0 Å². The van der Waals surface area contributed by atoms with Crippen LogP contribution in [0.5, 0.6) is 0 Å². The molecule has 2 nitrogen and oxygen atoms in total. The van der Waals surface area contributed by atoms with Crippen LogP contribution >= 0.6 is 27.5 Å². The van der Waals surface area contributed by atoms with Gasteiger partial charge in [-0.25, -0.2) is 4.98 Å². The van der Waals surface area contributed by atoms with Crippen LogP contribution in [0.3, 0.4) is 0 Å². The minimum Gasteiger partial charge on any atom is -0.300 e. The van der Waals surface area contributed by atoms with Crippen LogP contribution in [0.15, 0.2) is 16.6 Å². The second-order valence-corrected chi connectivity index (χ2v) is 5.47. The highest BCUT2D eigenvalue weighted by Gasteiger charge is 2.26. The minimum absolute atomic E-state index is 0.147. The zero-order chi connectivity index (χ0) is 11.6. The molecular weight excluding hydrogens is 277 g/mol. The van der Waals surface area contributed by atoms with Gasteiger partial charge in [0.15, 0.2) is 0 Å². The molecule has 0 fully saturated rings. The smallest absolute Gasteiger partial charge is 0.130 e. The number of carbonyl (C=O) groups excluding carboxylic acids is 1. The van der Waals surface area contributed by atoms with Crippen molar-refractivity contribution in [3.63, 3.8) is 0 Å². The van der Waals surface area contributed by atoms with E-state index in [0.717, 1.165) is 10.2 Å². The zero-order valence-corrected chi connectivity index (χ0v) is 11.3. The van der Waals surface area contributed by atoms with E-state index in [4.69, 9.17) is 11.6 Å². The molecule has 0 aliphatic rings. The molecule has 0 saturated heterocycles. The Morgan fingerprint density at radius 3 is 2.67 bits per heavy atom. The Labute approximate surface area is 103 Å². The molecular formula is C11H13BrClNO. The van der Waals surface area contributed by atoms with Crippen molar-refractivity contribution in [1.29, 1.82) is 0 Å². The van der Waals surface area contributed by atoms with E-state index in [1.807, 2.05) is 19.9 Å². The normalized spacial score (nSPS) is 11.5. The van der Waals surface area contributed by atoms with Crippen LogP contribution in [0, 0.1) is 0 Å². The maximum atomic E-state index is 11.2. The molecule has 0 spiro atoms. The molecule has 4 heteroatoms. The number of ketones is 1. The van der Waals surface area contributed by atoms with Gasteiger partial charge < -0.3 is 0 Å². The summed E-state index contributed by atoms with van der Waals surface area (Å²) in [5.41, 5.74) is 0.528. The number of Topliss-reactive ketones (excluding diaryl/α,β-unsaturated/α-hetero) is 1. The highest BCUT2D eigenvalue weighted by molar-refractivity contribution is 9.10. The molecule has 0 atom stereocenters. The lowest BCUT2D eigenvalue weighted by molar-refractivity contribution is -0.118. The maximum Gasteiger partial charge on any atom is 0.130 e. The van der Waals surface area contributed by atoms with E-state index in [0.29, 0.717) is 11.6 Å². The summed E-state index contributed by atoms with van der Waals surface area (Å²) < 4.78 is 0.887. The van der Waals surface area contributed by atoms with Crippen LogP contribution in [-0.4, -0.2) is 10.8 Å². The third kappa shape index (κ3) is 3.28. The SMILES string of the molecule is CC(=O)CC(C)(C)c1nc(Cl)ccc1Br. The molecule has 0 aliphatic heterocycles. The Hall–Kier alpha value is -0.410. The van der Waals surface area contributed by atoms with Crippen molar-refractivity contribution < 1.29 is 4.79 Å². The molecule has 0 N–H and O–H groups in total. The van der Waals surface area contributed by atoms with Gasteiger partial charge in [0.1, 0.15) is 10.9 Å². The van der Waals surface area contributed by atoms with Crippen LogP contribution in [0.4, 0.5) is 0 Å². The Bertz CT molecular complexity index is 390. The Balaban J connectivity index is 3.13. The highest BCUT2D eigenvalue weighted by Crippen LogP contribution is 2.32. The predicted molar refractivity (Wildman–Crippen MR) is 65.3 cm³/mol. The highest BCUT2D eigenvalue weighted by atomic mass is 79.9. The summed E-state index contributed by atoms with van der Waals surface area (Å²) >= 11 is 9.27. The molecule has 1 rings (SSSR count). The van der Waals surface area contributed by atoms with Crippen molar-refractivity contribution in [3.05, 3.63) is 27.5 Å². The molecule has 0 bridgehead atoms. The van der Waals surface area contributed by atoms with Crippen LogP contribution < -0.4 is 0 Å². The van der Waals surface area contributed by atoms with Crippen molar-refractivity contribution >= 4 is 33.3 Å². The van der Waals surface area contributed by atoms with E-state index in [2.05, 4.69) is 20.9 Å². The lowest BCUT2D eigenvalue weighted by atomic mass is 9.84. The minimum atomic E-state index is -0.296.